The second kappa shape index (κ2) is 10.4. The standard InChI is InChI=1S/C24H26N2O4S2/c27-24(25-13-6-15-30-18-19-7-2-1-3-8-19)23-22(12-16-31-23)32(28,29)26-14-11-20-9-4-5-10-21(20)17-26/h1-5,7-10,12,16H,6,11,13-15,17-18H2,(H,25,27). The Hall–Kier alpha value is -2.52. The van der Waals surface area contributed by atoms with E-state index in [1.54, 1.807) is 5.38 Å². The zero-order chi connectivity index (χ0) is 22.4. The molecule has 0 unspecified atom stereocenters. The molecule has 6 nitrogen and oxygen atoms in total. The first-order valence-corrected chi connectivity index (χ1v) is 12.9. The quantitative estimate of drug-likeness (QED) is 0.482. The predicted octanol–water partition coefficient (Wildman–Crippen LogP) is 3.83. The van der Waals surface area contributed by atoms with Crippen LogP contribution in [0.25, 0.3) is 0 Å². The number of hydrogen-bond donors (Lipinski definition) is 1. The summed E-state index contributed by atoms with van der Waals surface area (Å²) in [6, 6.07) is 19.3. The third-order valence-electron chi connectivity index (χ3n) is 5.41. The van der Waals surface area contributed by atoms with Crippen LogP contribution >= 0.6 is 11.3 Å². The molecule has 2 aromatic carbocycles. The van der Waals surface area contributed by atoms with E-state index in [1.165, 1.54) is 15.9 Å². The highest BCUT2D eigenvalue weighted by molar-refractivity contribution is 7.89. The molecule has 0 saturated carbocycles. The van der Waals surface area contributed by atoms with Gasteiger partial charge in [-0.05, 0) is 41.0 Å². The van der Waals surface area contributed by atoms with E-state index in [0.717, 1.165) is 22.5 Å². The summed E-state index contributed by atoms with van der Waals surface area (Å²) in [4.78, 5) is 13.0. The van der Waals surface area contributed by atoms with Crippen molar-refractivity contribution < 1.29 is 17.9 Å². The van der Waals surface area contributed by atoms with Crippen LogP contribution in [0.2, 0.25) is 0 Å². The molecule has 2 heterocycles. The Labute approximate surface area is 192 Å². The molecule has 0 bridgehead atoms. The number of fused-ring (bicyclic) bond motifs is 1. The maximum absolute atomic E-state index is 13.3. The van der Waals surface area contributed by atoms with E-state index >= 15 is 0 Å². The third kappa shape index (κ3) is 5.27. The molecule has 0 saturated heterocycles. The van der Waals surface area contributed by atoms with Crippen molar-refractivity contribution in [1.29, 1.82) is 0 Å². The van der Waals surface area contributed by atoms with Crippen LogP contribution in [0.15, 0.2) is 70.9 Å². The number of amides is 1. The van der Waals surface area contributed by atoms with Crippen molar-refractivity contribution in [2.45, 2.75) is 30.9 Å². The Morgan fingerprint density at radius 2 is 1.78 bits per heavy atom. The lowest BCUT2D eigenvalue weighted by atomic mass is 10.0. The van der Waals surface area contributed by atoms with Gasteiger partial charge in [-0.25, -0.2) is 8.42 Å². The molecule has 168 valence electrons. The van der Waals surface area contributed by atoms with Crippen molar-refractivity contribution in [3.05, 3.63) is 87.6 Å². The van der Waals surface area contributed by atoms with E-state index in [9.17, 15) is 13.2 Å². The van der Waals surface area contributed by atoms with Crippen molar-refractivity contribution in [3.63, 3.8) is 0 Å². The summed E-state index contributed by atoms with van der Waals surface area (Å²) in [5.74, 6) is -0.362. The van der Waals surface area contributed by atoms with Gasteiger partial charge in [-0.2, -0.15) is 4.31 Å². The summed E-state index contributed by atoms with van der Waals surface area (Å²) in [6.45, 7) is 2.20. The van der Waals surface area contributed by atoms with E-state index in [1.807, 2.05) is 54.6 Å². The SMILES string of the molecule is O=C(NCCCOCc1ccccc1)c1sccc1S(=O)(=O)N1CCc2ccccc2C1. The molecule has 1 aliphatic rings. The van der Waals surface area contributed by atoms with Crippen LogP contribution < -0.4 is 5.32 Å². The van der Waals surface area contributed by atoms with Crippen molar-refractivity contribution in [2.75, 3.05) is 19.7 Å². The summed E-state index contributed by atoms with van der Waals surface area (Å²) >= 11 is 1.15. The number of thiophene rings is 1. The summed E-state index contributed by atoms with van der Waals surface area (Å²) < 4.78 is 33.6. The van der Waals surface area contributed by atoms with E-state index in [4.69, 9.17) is 4.74 Å². The fourth-order valence-electron chi connectivity index (χ4n) is 3.70. The normalized spacial score (nSPS) is 14.1. The highest BCUT2D eigenvalue weighted by Gasteiger charge is 2.32. The molecule has 1 amide bonds. The smallest absolute Gasteiger partial charge is 0.262 e. The van der Waals surface area contributed by atoms with Gasteiger partial charge in [0.2, 0.25) is 10.0 Å². The largest absolute Gasteiger partial charge is 0.377 e. The zero-order valence-corrected chi connectivity index (χ0v) is 19.3. The van der Waals surface area contributed by atoms with Gasteiger partial charge in [-0.1, -0.05) is 54.6 Å². The van der Waals surface area contributed by atoms with Gasteiger partial charge in [0.15, 0.2) is 0 Å². The predicted molar refractivity (Wildman–Crippen MR) is 125 cm³/mol. The zero-order valence-electron chi connectivity index (χ0n) is 17.7. The van der Waals surface area contributed by atoms with Gasteiger partial charge in [-0.3, -0.25) is 4.79 Å². The van der Waals surface area contributed by atoms with E-state index in [0.29, 0.717) is 45.7 Å². The fourth-order valence-corrected chi connectivity index (χ4v) is 6.44. The highest BCUT2D eigenvalue weighted by Crippen LogP contribution is 2.29. The van der Waals surface area contributed by atoms with Crippen LogP contribution in [0.1, 0.15) is 32.8 Å². The molecule has 1 aromatic heterocycles. The van der Waals surface area contributed by atoms with Crippen LogP contribution in [0.3, 0.4) is 0 Å². The van der Waals surface area contributed by atoms with Crippen LogP contribution in [-0.2, 0) is 34.3 Å². The first kappa shape index (κ1) is 22.7. The van der Waals surface area contributed by atoms with Gasteiger partial charge in [0.05, 0.1) is 6.61 Å². The molecule has 0 atom stereocenters. The van der Waals surface area contributed by atoms with E-state index in [-0.39, 0.29) is 15.7 Å². The number of benzene rings is 2. The fraction of sp³-hybridized carbons (Fsp3) is 0.292. The number of nitrogens with one attached hydrogen (secondary N) is 1. The third-order valence-corrected chi connectivity index (χ3v) is 8.34. The molecule has 1 N–H and O–H groups in total. The molecular formula is C24H26N2O4S2. The summed E-state index contributed by atoms with van der Waals surface area (Å²) in [5.41, 5.74) is 3.29. The minimum absolute atomic E-state index is 0.0831. The highest BCUT2D eigenvalue weighted by atomic mass is 32.2. The molecule has 4 rings (SSSR count). The minimum Gasteiger partial charge on any atom is -0.377 e. The van der Waals surface area contributed by atoms with Crippen LogP contribution in [-0.4, -0.2) is 38.3 Å². The van der Waals surface area contributed by atoms with E-state index < -0.39 is 10.0 Å². The summed E-state index contributed by atoms with van der Waals surface area (Å²) in [6.07, 6.45) is 1.32. The summed E-state index contributed by atoms with van der Waals surface area (Å²) in [7, 11) is -3.75. The lowest BCUT2D eigenvalue weighted by molar-refractivity contribution is 0.0935. The summed E-state index contributed by atoms with van der Waals surface area (Å²) in [5, 5.41) is 4.48. The molecule has 0 aliphatic carbocycles. The lowest BCUT2D eigenvalue weighted by Crippen LogP contribution is -2.37. The number of hydrogen-bond acceptors (Lipinski definition) is 5. The van der Waals surface area contributed by atoms with Crippen molar-refractivity contribution in [2.24, 2.45) is 0 Å². The average molecular weight is 471 g/mol. The van der Waals surface area contributed by atoms with Gasteiger partial charge in [0.1, 0.15) is 9.77 Å². The molecule has 0 radical (unpaired) electrons. The molecule has 0 fully saturated rings. The number of rotatable bonds is 9. The molecule has 32 heavy (non-hydrogen) atoms. The first-order valence-electron chi connectivity index (χ1n) is 10.6. The van der Waals surface area contributed by atoms with Crippen molar-refractivity contribution in [1.82, 2.24) is 9.62 Å². The Bertz CT molecular complexity index is 1160. The second-order valence-electron chi connectivity index (χ2n) is 7.62. The maximum atomic E-state index is 13.3. The molecule has 3 aromatic rings. The maximum Gasteiger partial charge on any atom is 0.262 e. The van der Waals surface area contributed by atoms with Crippen molar-refractivity contribution >= 4 is 27.3 Å². The van der Waals surface area contributed by atoms with Gasteiger partial charge >= 0.3 is 0 Å². The number of sulfonamides is 1. The van der Waals surface area contributed by atoms with Crippen LogP contribution in [0.5, 0.6) is 0 Å². The average Bonchev–Trinajstić information content (AvgIpc) is 3.33. The first-order chi connectivity index (χ1) is 15.6. The van der Waals surface area contributed by atoms with Crippen LogP contribution in [0, 0.1) is 0 Å². The van der Waals surface area contributed by atoms with Gasteiger partial charge in [0, 0.05) is 26.2 Å². The Kier molecular flexibility index (Phi) is 7.36. The molecular weight excluding hydrogens is 444 g/mol. The van der Waals surface area contributed by atoms with Crippen LogP contribution in [0.4, 0.5) is 0 Å². The van der Waals surface area contributed by atoms with Gasteiger partial charge in [0.25, 0.3) is 5.91 Å². The molecule has 8 heteroatoms. The number of nitrogens with zero attached hydrogens (tertiary/aromatic N) is 1. The Balaban J connectivity index is 1.31. The second-order valence-corrected chi connectivity index (χ2v) is 10.4. The number of ether oxygens (including phenoxy) is 1. The monoisotopic (exact) mass is 470 g/mol. The lowest BCUT2D eigenvalue weighted by Gasteiger charge is -2.28. The minimum atomic E-state index is -3.75. The molecule has 0 spiro atoms. The van der Waals surface area contributed by atoms with Gasteiger partial charge in [-0.15, -0.1) is 11.3 Å². The Morgan fingerprint density at radius 3 is 2.59 bits per heavy atom. The van der Waals surface area contributed by atoms with E-state index in [2.05, 4.69) is 5.32 Å². The number of carbonyl (C=O) groups excluding carboxylic acids is 1. The Morgan fingerprint density at radius 1 is 1.03 bits per heavy atom. The number of carbonyl (C=O) groups is 1. The topological polar surface area (TPSA) is 75.7 Å². The molecule has 1 aliphatic heterocycles. The van der Waals surface area contributed by atoms with Crippen molar-refractivity contribution in [3.8, 4) is 0 Å². The van der Waals surface area contributed by atoms with Gasteiger partial charge < -0.3 is 10.1 Å².